The van der Waals surface area contributed by atoms with Crippen LogP contribution >= 0.6 is 0 Å². The van der Waals surface area contributed by atoms with Crippen LogP contribution in [0.5, 0.6) is 0 Å². The maximum absolute atomic E-state index is 13.5. The van der Waals surface area contributed by atoms with Crippen molar-refractivity contribution in [3.63, 3.8) is 0 Å². The lowest BCUT2D eigenvalue weighted by atomic mass is 10.1. The van der Waals surface area contributed by atoms with Crippen LogP contribution in [0.1, 0.15) is 13.0 Å². The predicted molar refractivity (Wildman–Crippen MR) is 107 cm³/mol. The topological polar surface area (TPSA) is 72.7 Å². The quantitative estimate of drug-likeness (QED) is 0.494. The molecule has 0 spiro atoms. The highest BCUT2D eigenvalue weighted by Crippen LogP contribution is 2.35. The average Bonchev–Trinajstić information content (AvgIpc) is 3.31. The highest BCUT2D eigenvalue weighted by Gasteiger charge is 2.33. The molecular formula is C21H16FN7O. The van der Waals surface area contributed by atoms with Gasteiger partial charge in [-0.25, -0.2) is 14.4 Å². The third kappa shape index (κ3) is 2.81. The van der Waals surface area contributed by atoms with Crippen LogP contribution in [-0.2, 0) is 4.79 Å². The molecule has 8 nitrogen and oxygen atoms in total. The molecule has 1 aliphatic rings. The van der Waals surface area contributed by atoms with Crippen molar-refractivity contribution in [1.29, 1.82) is 0 Å². The zero-order chi connectivity index (χ0) is 20.8. The zero-order valence-electron chi connectivity index (χ0n) is 16.0. The monoisotopic (exact) mass is 401 g/mol. The number of amides is 1. The van der Waals surface area contributed by atoms with Crippen LogP contribution in [0.3, 0.4) is 0 Å². The van der Waals surface area contributed by atoms with Gasteiger partial charge in [0.05, 0.1) is 30.0 Å². The molecule has 3 aromatic heterocycles. The number of hydrogen-bond donors (Lipinski definition) is 0. The van der Waals surface area contributed by atoms with Gasteiger partial charge in [-0.15, -0.1) is 4.52 Å². The number of aromatic nitrogens is 5. The molecule has 1 aliphatic heterocycles. The Bertz CT molecular complexity index is 1310. The number of carbonyl (C=O) groups is 1. The van der Waals surface area contributed by atoms with Crippen molar-refractivity contribution in [2.45, 2.75) is 13.0 Å². The number of carbonyl (C=O) groups excluding carboxylic acids is 1. The van der Waals surface area contributed by atoms with E-state index < -0.39 is 0 Å². The summed E-state index contributed by atoms with van der Waals surface area (Å²) in [6.07, 6.45) is 3.21. The van der Waals surface area contributed by atoms with E-state index >= 15 is 0 Å². The number of hydrogen-bond acceptors (Lipinski definition) is 4. The number of benzene rings is 1. The molecule has 0 N–H and O–H groups in total. The van der Waals surface area contributed by atoms with Gasteiger partial charge in [0.2, 0.25) is 11.6 Å². The summed E-state index contributed by atoms with van der Waals surface area (Å²) in [5.74, 6) is 0.0227. The van der Waals surface area contributed by atoms with Crippen LogP contribution in [0, 0.1) is 12.4 Å². The van der Waals surface area contributed by atoms with E-state index in [0.717, 1.165) is 11.3 Å². The molecule has 0 aliphatic carbocycles. The van der Waals surface area contributed by atoms with E-state index in [1.54, 1.807) is 36.4 Å². The van der Waals surface area contributed by atoms with Gasteiger partial charge in [0, 0.05) is 31.6 Å². The largest absolute Gasteiger partial charge is 0.360 e. The zero-order valence-corrected chi connectivity index (χ0v) is 16.0. The first kappa shape index (κ1) is 18.0. The molecule has 1 saturated heterocycles. The number of halogens is 1. The Morgan fingerprint density at radius 2 is 1.93 bits per heavy atom. The maximum Gasteiger partial charge on any atom is 0.275 e. The molecule has 0 saturated carbocycles. The van der Waals surface area contributed by atoms with Crippen molar-refractivity contribution in [3.8, 4) is 22.6 Å². The average molecular weight is 401 g/mol. The van der Waals surface area contributed by atoms with E-state index in [1.165, 1.54) is 22.8 Å². The van der Waals surface area contributed by atoms with Gasteiger partial charge in [-0.2, -0.15) is 0 Å². The summed E-state index contributed by atoms with van der Waals surface area (Å²) in [6, 6.07) is 9.82. The van der Waals surface area contributed by atoms with Gasteiger partial charge in [-0.05, 0) is 30.3 Å². The minimum Gasteiger partial charge on any atom is -0.360 e. The number of fused-ring (bicyclic) bond motifs is 1. The number of nitrogens with zero attached hydrogens (tertiary/aromatic N) is 7. The van der Waals surface area contributed by atoms with E-state index in [0.29, 0.717) is 35.9 Å². The van der Waals surface area contributed by atoms with Crippen molar-refractivity contribution in [2.75, 3.05) is 13.1 Å². The summed E-state index contributed by atoms with van der Waals surface area (Å²) in [5.41, 5.74) is 3.36. The highest BCUT2D eigenvalue weighted by atomic mass is 19.1. The second-order valence-corrected chi connectivity index (χ2v) is 7.15. The van der Waals surface area contributed by atoms with E-state index in [-0.39, 0.29) is 17.8 Å². The van der Waals surface area contributed by atoms with Crippen molar-refractivity contribution in [1.82, 2.24) is 29.0 Å². The van der Waals surface area contributed by atoms with Gasteiger partial charge >= 0.3 is 0 Å². The highest BCUT2D eigenvalue weighted by molar-refractivity contribution is 5.78. The minimum absolute atomic E-state index is 0.0336. The van der Waals surface area contributed by atoms with Crippen LogP contribution in [0.4, 0.5) is 10.2 Å². The van der Waals surface area contributed by atoms with Gasteiger partial charge in [-0.3, -0.25) is 4.79 Å². The normalized spacial score (nSPS) is 14.0. The van der Waals surface area contributed by atoms with Crippen LogP contribution in [0.2, 0.25) is 0 Å². The standard InChI is InChI=1S/C21H16FN7O/c1-13(30)27-10-16(11-27)28-12-25-20(14-3-5-15(22)6-4-14)21(28)17-7-8-18-24-9-19(23-2)29(18)26-17/h3-9,12,16H,10-11H2,1H3. The molecule has 9 heteroatoms. The van der Waals surface area contributed by atoms with Crippen LogP contribution < -0.4 is 0 Å². The Morgan fingerprint density at radius 1 is 1.17 bits per heavy atom. The molecule has 4 aromatic rings. The minimum atomic E-state index is -0.324. The molecule has 0 atom stereocenters. The fraction of sp³-hybridized carbons (Fsp3) is 0.190. The Hall–Kier alpha value is -4.06. The smallest absolute Gasteiger partial charge is 0.275 e. The van der Waals surface area contributed by atoms with Gasteiger partial charge in [0.1, 0.15) is 11.5 Å². The Morgan fingerprint density at radius 3 is 2.63 bits per heavy atom. The van der Waals surface area contributed by atoms with E-state index in [4.69, 9.17) is 6.57 Å². The molecule has 5 rings (SSSR count). The summed E-state index contributed by atoms with van der Waals surface area (Å²) in [4.78, 5) is 25.6. The summed E-state index contributed by atoms with van der Waals surface area (Å²) in [7, 11) is 0. The van der Waals surface area contributed by atoms with Crippen molar-refractivity contribution < 1.29 is 9.18 Å². The molecule has 4 heterocycles. The van der Waals surface area contributed by atoms with Gasteiger partial charge in [-0.1, -0.05) is 11.7 Å². The predicted octanol–water partition coefficient (Wildman–Crippen LogP) is 3.35. The van der Waals surface area contributed by atoms with E-state index in [2.05, 4.69) is 19.9 Å². The molecule has 0 unspecified atom stereocenters. The summed E-state index contributed by atoms with van der Waals surface area (Å²) >= 11 is 0. The first-order valence-corrected chi connectivity index (χ1v) is 9.36. The summed E-state index contributed by atoms with van der Waals surface area (Å²) in [5, 5.41) is 4.63. The second-order valence-electron chi connectivity index (χ2n) is 7.15. The Balaban J connectivity index is 1.66. The molecule has 1 amide bonds. The van der Waals surface area contributed by atoms with E-state index in [9.17, 15) is 9.18 Å². The van der Waals surface area contributed by atoms with Crippen LogP contribution in [0.25, 0.3) is 33.1 Å². The molecule has 30 heavy (non-hydrogen) atoms. The van der Waals surface area contributed by atoms with Gasteiger partial charge in [0.25, 0.3) is 5.82 Å². The molecule has 1 aromatic carbocycles. The molecule has 0 bridgehead atoms. The second kappa shape index (κ2) is 6.77. The number of likely N-dealkylation sites (tertiary alicyclic amines) is 1. The Kier molecular flexibility index (Phi) is 4.06. The first-order chi connectivity index (χ1) is 14.5. The lowest BCUT2D eigenvalue weighted by Gasteiger charge is -2.39. The van der Waals surface area contributed by atoms with Crippen molar-refractivity contribution in [3.05, 3.63) is 66.2 Å². The molecule has 0 radical (unpaired) electrons. The summed E-state index contributed by atoms with van der Waals surface area (Å²) < 4.78 is 16.9. The number of imidazole rings is 2. The van der Waals surface area contributed by atoms with Gasteiger partial charge in [0.15, 0.2) is 0 Å². The lowest BCUT2D eigenvalue weighted by molar-refractivity contribution is -0.134. The molecular weight excluding hydrogens is 385 g/mol. The van der Waals surface area contributed by atoms with Crippen molar-refractivity contribution in [2.24, 2.45) is 0 Å². The number of rotatable bonds is 3. The van der Waals surface area contributed by atoms with Crippen LogP contribution in [-0.4, -0.2) is 48.0 Å². The Labute approximate surface area is 171 Å². The first-order valence-electron chi connectivity index (χ1n) is 9.36. The fourth-order valence-corrected chi connectivity index (χ4v) is 3.66. The van der Waals surface area contributed by atoms with E-state index in [1.807, 2.05) is 10.6 Å². The fourth-order valence-electron chi connectivity index (χ4n) is 3.66. The van der Waals surface area contributed by atoms with Crippen LogP contribution in [0.15, 0.2) is 48.9 Å². The third-order valence-corrected chi connectivity index (χ3v) is 5.31. The van der Waals surface area contributed by atoms with Gasteiger partial charge < -0.3 is 14.3 Å². The third-order valence-electron chi connectivity index (χ3n) is 5.31. The molecule has 148 valence electrons. The lowest BCUT2D eigenvalue weighted by Crippen LogP contribution is -2.49. The summed E-state index contributed by atoms with van der Waals surface area (Å²) in [6.45, 7) is 10.1. The molecule has 1 fully saturated rings. The maximum atomic E-state index is 13.5. The SMILES string of the molecule is [C-]#[N+]c1cnc2ccc(-c3c(-c4ccc(F)cc4)ncn3C3CN(C(C)=O)C3)nn12. The van der Waals surface area contributed by atoms with Crippen molar-refractivity contribution >= 4 is 17.4 Å².